The molecule has 3 aromatic rings. The van der Waals surface area contributed by atoms with Crippen LogP contribution in [-0.2, 0) is 43.5 Å². The molecule has 252 valence electrons. The van der Waals surface area contributed by atoms with Crippen LogP contribution in [-0.4, -0.2) is 51.2 Å². The lowest BCUT2D eigenvalue weighted by atomic mass is 9.90. The van der Waals surface area contributed by atoms with Gasteiger partial charge in [0.15, 0.2) is 0 Å². The summed E-state index contributed by atoms with van der Waals surface area (Å²) in [5.74, 6) is -0.521. The number of piperidine rings is 1. The number of aromatic nitrogens is 4. The average Bonchev–Trinajstić information content (AvgIpc) is 3.42. The highest BCUT2D eigenvalue weighted by Gasteiger charge is 2.38. The van der Waals surface area contributed by atoms with Crippen molar-refractivity contribution in [3.05, 3.63) is 69.8 Å². The Balaban J connectivity index is 1.77. The maximum atomic E-state index is 13.9. The van der Waals surface area contributed by atoms with Crippen LogP contribution < -0.4 is 10.2 Å². The number of anilines is 1. The Morgan fingerprint density at radius 1 is 0.913 bits per heavy atom. The van der Waals surface area contributed by atoms with Gasteiger partial charge in [-0.1, -0.05) is 18.1 Å². The van der Waals surface area contributed by atoms with Crippen molar-refractivity contribution in [2.75, 3.05) is 25.0 Å². The summed E-state index contributed by atoms with van der Waals surface area (Å²) in [6.07, 6.45) is -13.4. The molecule has 0 bridgehead atoms. The average molecular weight is 666 g/mol. The number of aryl methyl sites for hydroxylation is 1. The van der Waals surface area contributed by atoms with Crippen molar-refractivity contribution in [2.45, 2.75) is 63.8 Å². The number of likely N-dealkylation sites (tertiary alicyclic amines) is 1. The van der Waals surface area contributed by atoms with Crippen molar-refractivity contribution in [3.63, 3.8) is 0 Å². The first-order valence-corrected chi connectivity index (χ1v) is 14.3. The van der Waals surface area contributed by atoms with Gasteiger partial charge >= 0.3 is 18.5 Å². The smallest absolute Gasteiger partial charge is 0.359 e. The fraction of sp³-hybridized carbons (Fsp3) is 0.517. The zero-order chi connectivity index (χ0) is 34.0. The van der Waals surface area contributed by atoms with Gasteiger partial charge in [-0.25, -0.2) is 0 Å². The van der Waals surface area contributed by atoms with Crippen LogP contribution in [0.15, 0.2) is 36.4 Å². The van der Waals surface area contributed by atoms with Gasteiger partial charge in [0.2, 0.25) is 5.91 Å². The second kappa shape index (κ2) is 13.5. The number of nitrogens with zero attached hydrogens (tertiary/aromatic N) is 6. The van der Waals surface area contributed by atoms with Gasteiger partial charge in [-0.15, -0.1) is 5.10 Å². The van der Waals surface area contributed by atoms with Crippen LogP contribution in [0.1, 0.15) is 65.6 Å². The summed E-state index contributed by atoms with van der Waals surface area (Å²) >= 11 is 0. The molecular weight excluding hydrogens is 633 g/mol. The van der Waals surface area contributed by atoms with Gasteiger partial charge in [-0.3, -0.25) is 9.69 Å². The van der Waals surface area contributed by atoms with Gasteiger partial charge in [0.05, 0.1) is 23.7 Å². The maximum Gasteiger partial charge on any atom is 0.416 e. The first-order chi connectivity index (χ1) is 21.4. The minimum Gasteiger partial charge on any atom is -0.359 e. The molecule has 1 aromatic heterocycles. The molecule has 1 aliphatic rings. The Morgan fingerprint density at radius 2 is 1.50 bits per heavy atom. The predicted molar refractivity (Wildman–Crippen MR) is 148 cm³/mol. The molecule has 1 saturated heterocycles. The van der Waals surface area contributed by atoms with Crippen molar-refractivity contribution in [3.8, 4) is 0 Å². The monoisotopic (exact) mass is 665 g/mol. The molecule has 1 N–H and O–H groups in total. The molecule has 1 amide bonds. The van der Waals surface area contributed by atoms with Crippen LogP contribution in [0.25, 0.3) is 0 Å². The normalized spacial score (nSPS) is 16.0. The molecule has 0 saturated carbocycles. The van der Waals surface area contributed by atoms with Crippen LogP contribution >= 0.6 is 0 Å². The fourth-order valence-electron chi connectivity index (χ4n) is 5.73. The topological polar surface area (TPSA) is 79.2 Å². The summed E-state index contributed by atoms with van der Waals surface area (Å²) in [4.78, 5) is 16.4. The van der Waals surface area contributed by atoms with E-state index in [1.807, 2.05) is 6.92 Å². The highest BCUT2D eigenvalue weighted by Crippen LogP contribution is 2.39. The summed E-state index contributed by atoms with van der Waals surface area (Å²) in [6, 6.07) is 3.90. The Morgan fingerprint density at radius 3 is 1.98 bits per heavy atom. The first kappa shape index (κ1) is 35.0. The molecule has 1 atom stereocenters. The number of carbonyl (C=O) groups excluding carboxylic acids is 1. The molecule has 46 heavy (non-hydrogen) atoms. The SMILES string of the molecule is CCC(c1ccc(C(F)(F)F)cc1CN(Cc1cc(C(F)(F)F)cc(C(F)(F)F)c1)c1nnn(C)n1)N1CCC(C(=O)NC)CC1. The van der Waals surface area contributed by atoms with Crippen molar-refractivity contribution in [2.24, 2.45) is 13.0 Å². The number of tetrazole rings is 1. The number of amides is 1. The molecule has 4 rings (SSSR count). The third kappa shape index (κ3) is 8.27. The zero-order valence-electron chi connectivity index (χ0n) is 25.1. The second-order valence-corrected chi connectivity index (χ2v) is 11.1. The van der Waals surface area contributed by atoms with Crippen LogP contribution in [0.5, 0.6) is 0 Å². The quantitative estimate of drug-likeness (QED) is 0.268. The van der Waals surface area contributed by atoms with Crippen LogP contribution in [0.2, 0.25) is 0 Å². The van der Waals surface area contributed by atoms with E-state index in [-0.39, 0.29) is 29.4 Å². The molecule has 0 spiro atoms. The molecule has 8 nitrogen and oxygen atoms in total. The number of halogens is 9. The first-order valence-electron chi connectivity index (χ1n) is 14.3. The Hall–Kier alpha value is -3.89. The van der Waals surface area contributed by atoms with E-state index < -0.39 is 59.9 Å². The molecule has 0 aliphatic carbocycles. The molecule has 2 heterocycles. The van der Waals surface area contributed by atoms with Gasteiger partial charge in [0.25, 0.3) is 5.95 Å². The summed E-state index contributed by atoms with van der Waals surface area (Å²) in [5.41, 5.74) is -3.84. The minimum atomic E-state index is -5.10. The zero-order valence-corrected chi connectivity index (χ0v) is 25.1. The van der Waals surface area contributed by atoms with E-state index in [1.165, 1.54) is 18.0 Å². The molecule has 2 aromatic carbocycles. The van der Waals surface area contributed by atoms with Crippen molar-refractivity contribution >= 4 is 11.9 Å². The lowest BCUT2D eigenvalue weighted by Crippen LogP contribution is -2.41. The molecular formula is C29H32F9N7O. The van der Waals surface area contributed by atoms with E-state index in [4.69, 9.17) is 0 Å². The molecule has 1 unspecified atom stereocenters. The predicted octanol–water partition coefficient (Wildman–Crippen LogP) is 6.38. The van der Waals surface area contributed by atoms with Gasteiger partial charge in [0.1, 0.15) is 0 Å². The van der Waals surface area contributed by atoms with E-state index in [0.717, 1.165) is 16.9 Å². The Kier molecular flexibility index (Phi) is 10.2. The van der Waals surface area contributed by atoms with Crippen molar-refractivity contribution in [1.82, 2.24) is 30.4 Å². The second-order valence-electron chi connectivity index (χ2n) is 11.1. The number of rotatable bonds is 9. The third-order valence-corrected chi connectivity index (χ3v) is 7.97. The van der Waals surface area contributed by atoms with E-state index in [9.17, 15) is 44.3 Å². The largest absolute Gasteiger partial charge is 0.416 e. The Bertz CT molecular complexity index is 1480. The summed E-state index contributed by atoms with van der Waals surface area (Å²) in [7, 11) is 2.92. The molecule has 1 fully saturated rings. The number of carbonyl (C=O) groups is 1. The van der Waals surface area contributed by atoms with Crippen LogP contribution in [0, 0.1) is 5.92 Å². The molecule has 0 radical (unpaired) electrons. The van der Waals surface area contributed by atoms with Gasteiger partial charge in [0, 0.05) is 32.1 Å². The Labute approximate surface area is 258 Å². The summed E-state index contributed by atoms with van der Waals surface area (Å²) in [5, 5.41) is 14.2. The van der Waals surface area contributed by atoms with Gasteiger partial charge < -0.3 is 10.2 Å². The van der Waals surface area contributed by atoms with Gasteiger partial charge in [-0.05, 0) is 84.6 Å². The maximum absolute atomic E-state index is 13.9. The lowest BCUT2D eigenvalue weighted by molar-refractivity contribution is -0.143. The molecule has 17 heteroatoms. The van der Waals surface area contributed by atoms with Crippen LogP contribution in [0.3, 0.4) is 0 Å². The number of nitrogens with one attached hydrogen (secondary N) is 1. The van der Waals surface area contributed by atoms with E-state index in [2.05, 4.69) is 25.6 Å². The highest BCUT2D eigenvalue weighted by atomic mass is 19.4. The lowest BCUT2D eigenvalue weighted by Gasteiger charge is -2.38. The van der Waals surface area contributed by atoms with E-state index >= 15 is 0 Å². The fourth-order valence-corrected chi connectivity index (χ4v) is 5.73. The third-order valence-electron chi connectivity index (χ3n) is 7.97. The number of hydrogen-bond acceptors (Lipinski definition) is 6. The van der Waals surface area contributed by atoms with Crippen LogP contribution in [0.4, 0.5) is 45.5 Å². The summed E-state index contributed by atoms with van der Waals surface area (Å²) in [6.45, 7) is 1.81. The van der Waals surface area contributed by atoms with E-state index in [0.29, 0.717) is 50.0 Å². The van der Waals surface area contributed by atoms with Crippen molar-refractivity contribution < 1.29 is 44.3 Å². The van der Waals surface area contributed by atoms with E-state index in [1.54, 1.807) is 7.05 Å². The highest BCUT2D eigenvalue weighted by molar-refractivity contribution is 5.78. The number of hydrogen-bond donors (Lipinski definition) is 1. The van der Waals surface area contributed by atoms with Crippen molar-refractivity contribution in [1.29, 1.82) is 0 Å². The standard InChI is InChI=1S/C29H32F9N7O/c1-4-24(44-9-7-18(8-10-44)25(46)39-2)23-6-5-20(27(30,31)32)13-19(23)16-45(26-40-42-43(3)41-26)15-17-11-21(28(33,34)35)14-22(12-17)29(36,37)38/h5-6,11-14,18,24H,4,7-10,15-16H2,1-3H3,(H,39,46). The number of benzene rings is 2. The van der Waals surface area contributed by atoms with Gasteiger partial charge in [-0.2, -0.15) is 44.3 Å². The molecule has 1 aliphatic heterocycles. The minimum absolute atomic E-state index is 0.00151. The summed E-state index contributed by atoms with van der Waals surface area (Å²) < 4.78 is 123. The number of alkyl halides is 9.